The SMILES string of the molecule is O=C(N[C@@H]1CC[C@@H](c2ccc(Cl)c(Cl)c2)C1)c1[nH]c(=O)[nH]c(=O)c1O. The number of nitrogens with one attached hydrogen (secondary N) is 3. The number of hydrogen-bond donors (Lipinski definition) is 4. The Hall–Kier alpha value is -2.25. The van der Waals surface area contributed by atoms with Crippen molar-refractivity contribution in [2.24, 2.45) is 0 Å². The van der Waals surface area contributed by atoms with E-state index in [1.807, 2.05) is 17.1 Å². The Balaban J connectivity index is 1.71. The van der Waals surface area contributed by atoms with E-state index in [0.29, 0.717) is 16.5 Å². The number of aromatic nitrogens is 2. The standard InChI is InChI=1S/C16H15Cl2N3O4/c17-10-4-2-8(6-11(10)18)7-1-3-9(5-7)19-14(23)12-13(22)15(24)21-16(25)20-12/h2,4,6-7,9,22H,1,3,5H2,(H,19,23)(H2,20,21,24,25)/t7-,9-/m1/s1. The Morgan fingerprint density at radius 3 is 2.64 bits per heavy atom. The van der Waals surface area contributed by atoms with Crippen LogP contribution in [0.15, 0.2) is 27.8 Å². The fourth-order valence-corrected chi connectivity index (χ4v) is 3.39. The second-order valence-corrected chi connectivity index (χ2v) is 6.80. The van der Waals surface area contributed by atoms with E-state index in [1.54, 1.807) is 6.07 Å². The van der Waals surface area contributed by atoms with Gasteiger partial charge in [0.2, 0.25) is 5.75 Å². The highest BCUT2D eigenvalue weighted by Gasteiger charge is 2.28. The highest BCUT2D eigenvalue weighted by atomic mass is 35.5. The minimum atomic E-state index is -1.01. The van der Waals surface area contributed by atoms with Gasteiger partial charge in [-0.3, -0.25) is 19.6 Å². The maximum absolute atomic E-state index is 12.2. The lowest BCUT2D eigenvalue weighted by Crippen LogP contribution is -2.36. The van der Waals surface area contributed by atoms with Crippen LogP contribution >= 0.6 is 23.2 Å². The van der Waals surface area contributed by atoms with Crippen LogP contribution in [0.25, 0.3) is 0 Å². The molecule has 0 unspecified atom stereocenters. The topological polar surface area (TPSA) is 115 Å². The van der Waals surface area contributed by atoms with Crippen molar-refractivity contribution in [1.29, 1.82) is 0 Å². The fourth-order valence-electron chi connectivity index (χ4n) is 3.08. The van der Waals surface area contributed by atoms with E-state index in [2.05, 4.69) is 10.3 Å². The third-order valence-corrected chi connectivity index (χ3v) is 5.07. The summed E-state index contributed by atoms with van der Waals surface area (Å²) < 4.78 is 0. The van der Waals surface area contributed by atoms with Crippen LogP contribution in [0.2, 0.25) is 10.0 Å². The fraction of sp³-hybridized carbons (Fsp3) is 0.312. The molecule has 0 aliphatic heterocycles. The lowest BCUT2D eigenvalue weighted by atomic mass is 9.97. The smallest absolute Gasteiger partial charge is 0.326 e. The maximum atomic E-state index is 12.2. The molecule has 2 aromatic rings. The summed E-state index contributed by atoms with van der Waals surface area (Å²) in [6.45, 7) is 0. The van der Waals surface area contributed by atoms with Gasteiger partial charge in [0.15, 0.2) is 5.69 Å². The van der Waals surface area contributed by atoms with Crippen LogP contribution in [0, 0.1) is 0 Å². The second kappa shape index (κ2) is 6.93. The Morgan fingerprint density at radius 1 is 1.16 bits per heavy atom. The van der Waals surface area contributed by atoms with Crippen molar-refractivity contribution in [3.63, 3.8) is 0 Å². The van der Waals surface area contributed by atoms with Crippen LogP contribution in [0.3, 0.4) is 0 Å². The van der Waals surface area contributed by atoms with Gasteiger partial charge in [-0.05, 0) is 42.9 Å². The van der Waals surface area contributed by atoms with Gasteiger partial charge in [-0.25, -0.2) is 4.79 Å². The van der Waals surface area contributed by atoms with Crippen molar-refractivity contribution in [2.75, 3.05) is 0 Å². The Labute approximate surface area is 152 Å². The zero-order valence-corrected chi connectivity index (χ0v) is 14.4. The molecular weight excluding hydrogens is 369 g/mol. The summed E-state index contributed by atoms with van der Waals surface area (Å²) in [5.41, 5.74) is -1.26. The summed E-state index contributed by atoms with van der Waals surface area (Å²) in [5, 5.41) is 13.4. The van der Waals surface area contributed by atoms with Gasteiger partial charge in [0, 0.05) is 6.04 Å². The second-order valence-electron chi connectivity index (χ2n) is 5.99. The van der Waals surface area contributed by atoms with Crippen molar-refractivity contribution >= 4 is 29.1 Å². The monoisotopic (exact) mass is 383 g/mol. The van der Waals surface area contributed by atoms with E-state index < -0.39 is 28.6 Å². The molecule has 7 nitrogen and oxygen atoms in total. The molecule has 1 aliphatic rings. The van der Waals surface area contributed by atoms with Crippen molar-refractivity contribution < 1.29 is 9.90 Å². The molecule has 132 valence electrons. The summed E-state index contributed by atoms with van der Waals surface area (Å²) in [7, 11) is 0. The normalized spacial score (nSPS) is 19.8. The highest BCUT2D eigenvalue weighted by Crippen LogP contribution is 2.37. The maximum Gasteiger partial charge on any atom is 0.326 e. The Morgan fingerprint density at radius 2 is 1.92 bits per heavy atom. The molecule has 0 radical (unpaired) electrons. The minimum Gasteiger partial charge on any atom is -0.501 e. The van der Waals surface area contributed by atoms with Crippen LogP contribution in [0.4, 0.5) is 0 Å². The number of H-pyrrole nitrogens is 2. The zero-order valence-electron chi connectivity index (χ0n) is 12.9. The summed E-state index contributed by atoms with van der Waals surface area (Å²) >= 11 is 12.0. The van der Waals surface area contributed by atoms with Gasteiger partial charge < -0.3 is 10.4 Å². The third-order valence-electron chi connectivity index (χ3n) is 4.33. The lowest BCUT2D eigenvalue weighted by Gasteiger charge is -2.14. The predicted molar refractivity (Wildman–Crippen MR) is 93.7 cm³/mol. The molecular formula is C16H15Cl2N3O4. The van der Waals surface area contributed by atoms with E-state index in [4.69, 9.17) is 23.2 Å². The molecule has 1 saturated carbocycles. The van der Waals surface area contributed by atoms with Crippen molar-refractivity contribution in [3.05, 3.63) is 60.3 Å². The van der Waals surface area contributed by atoms with Crippen LogP contribution in [0.5, 0.6) is 5.75 Å². The third kappa shape index (κ3) is 3.72. The minimum absolute atomic E-state index is 0.144. The van der Waals surface area contributed by atoms with Crippen molar-refractivity contribution in [1.82, 2.24) is 15.3 Å². The largest absolute Gasteiger partial charge is 0.501 e. The van der Waals surface area contributed by atoms with Crippen LogP contribution in [-0.2, 0) is 0 Å². The molecule has 2 atom stereocenters. The lowest BCUT2D eigenvalue weighted by molar-refractivity contribution is 0.0928. The number of rotatable bonds is 3. The predicted octanol–water partition coefficient (Wildman–Crippen LogP) is 2.14. The molecule has 1 aromatic heterocycles. The number of aromatic hydroxyl groups is 1. The Bertz CT molecular complexity index is 938. The molecule has 0 spiro atoms. The molecule has 25 heavy (non-hydrogen) atoms. The van der Waals surface area contributed by atoms with E-state index in [9.17, 15) is 19.5 Å². The first-order valence-electron chi connectivity index (χ1n) is 7.66. The number of hydrogen-bond acceptors (Lipinski definition) is 4. The van der Waals surface area contributed by atoms with Gasteiger partial charge in [-0.2, -0.15) is 0 Å². The number of carbonyl (C=O) groups excluding carboxylic acids is 1. The highest BCUT2D eigenvalue weighted by molar-refractivity contribution is 6.42. The van der Waals surface area contributed by atoms with Crippen LogP contribution < -0.4 is 16.6 Å². The summed E-state index contributed by atoms with van der Waals surface area (Å²) in [4.78, 5) is 38.9. The zero-order chi connectivity index (χ0) is 18.1. The molecule has 1 aromatic carbocycles. The summed E-state index contributed by atoms with van der Waals surface area (Å²) in [6, 6.07) is 5.32. The molecule has 1 aliphatic carbocycles. The number of aromatic amines is 2. The van der Waals surface area contributed by atoms with Gasteiger partial charge in [-0.1, -0.05) is 29.3 Å². The Kier molecular flexibility index (Phi) is 4.87. The molecule has 3 rings (SSSR count). The van der Waals surface area contributed by atoms with E-state index in [0.717, 1.165) is 18.4 Å². The molecule has 9 heteroatoms. The van der Waals surface area contributed by atoms with E-state index >= 15 is 0 Å². The molecule has 4 N–H and O–H groups in total. The molecule has 0 bridgehead atoms. The van der Waals surface area contributed by atoms with Gasteiger partial charge in [0.1, 0.15) is 0 Å². The molecule has 0 saturated heterocycles. The number of amides is 1. The van der Waals surface area contributed by atoms with Crippen molar-refractivity contribution in [3.8, 4) is 5.75 Å². The van der Waals surface area contributed by atoms with Gasteiger partial charge in [-0.15, -0.1) is 0 Å². The first kappa shape index (κ1) is 17.6. The summed E-state index contributed by atoms with van der Waals surface area (Å²) in [5.74, 6) is -1.29. The van der Waals surface area contributed by atoms with Gasteiger partial charge >= 0.3 is 5.69 Å². The van der Waals surface area contributed by atoms with E-state index in [-0.39, 0.29) is 12.0 Å². The van der Waals surface area contributed by atoms with Gasteiger partial charge in [0.05, 0.1) is 10.0 Å². The first-order valence-corrected chi connectivity index (χ1v) is 8.42. The molecule has 1 fully saturated rings. The van der Waals surface area contributed by atoms with Crippen molar-refractivity contribution in [2.45, 2.75) is 31.2 Å². The first-order chi connectivity index (χ1) is 11.8. The van der Waals surface area contributed by atoms with Crippen LogP contribution in [0.1, 0.15) is 41.2 Å². The quantitative estimate of drug-likeness (QED) is 0.649. The van der Waals surface area contributed by atoms with E-state index in [1.165, 1.54) is 0 Å². The van der Waals surface area contributed by atoms with Gasteiger partial charge in [0.25, 0.3) is 11.5 Å². The number of benzene rings is 1. The average molecular weight is 384 g/mol. The summed E-state index contributed by atoms with van der Waals surface area (Å²) in [6.07, 6.45) is 2.25. The number of halogens is 2. The molecule has 1 heterocycles. The average Bonchev–Trinajstić information content (AvgIpc) is 3.01. The number of carbonyl (C=O) groups is 1. The molecule has 1 amide bonds. The van der Waals surface area contributed by atoms with Crippen LogP contribution in [-0.4, -0.2) is 27.0 Å².